The molecule has 0 spiro atoms. The summed E-state index contributed by atoms with van der Waals surface area (Å²) in [5.74, 6) is 1.12. The molecule has 2 N–H and O–H groups in total. The van der Waals surface area contributed by atoms with Crippen LogP contribution in [0.3, 0.4) is 0 Å². The lowest BCUT2D eigenvalue weighted by atomic mass is 9.98. The number of nitrogens with one attached hydrogen (secondary N) is 2. The van der Waals surface area contributed by atoms with Crippen molar-refractivity contribution in [3.63, 3.8) is 0 Å². The van der Waals surface area contributed by atoms with Crippen molar-refractivity contribution in [2.45, 2.75) is 33.6 Å². The van der Waals surface area contributed by atoms with E-state index in [-0.39, 0.29) is 0 Å². The second kappa shape index (κ2) is 5.07. The first-order valence-electron chi connectivity index (χ1n) is 7.02. The number of pyridine rings is 1. The highest BCUT2D eigenvalue weighted by atomic mass is 32.1. The molecule has 0 aliphatic carbocycles. The molecule has 0 amide bonds. The predicted molar refractivity (Wildman–Crippen MR) is 88.1 cm³/mol. The summed E-state index contributed by atoms with van der Waals surface area (Å²) in [5, 5.41) is 7.05. The van der Waals surface area contributed by atoms with Crippen molar-refractivity contribution >= 4 is 23.1 Å². The van der Waals surface area contributed by atoms with Crippen LogP contribution in [0.15, 0.2) is 18.2 Å². The van der Waals surface area contributed by atoms with Crippen LogP contribution in [0.25, 0.3) is 22.3 Å². The van der Waals surface area contributed by atoms with E-state index in [1.807, 2.05) is 0 Å². The molecular weight excluding hydrogens is 280 g/mol. The molecule has 3 rings (SSSR count). The maximum Gasteiger partial charge on any atom is 0.213 e. The van der Waals surface area contributed by atoms with Gasteiger partial charge in [0.2, 0.25) is 4.77 Å². The van der Waals surface area contributed by atoms with E-state index >= 15 is 0 Å². The second-order valence-corrected chi connectivity index (χ2v) is 6.13. The van der Waals surface area contributed by atoms with Crippen molar-refractivity contribution in [1.82, 2.24) is 20.2 Å². The fourth-order valence-electron chi connectivity index (χ4n) is 2.66. The third-order valence-electron chi connectivity index (χ3n) is 3.62. The Hall–Kier alpha value is -2.01. The molecule has 4 nitrogen and oxygen atoms in total. The van der Waals surface area contributed by atoms with E-state index in [1.54, 1.807) is 0 Å². The van der Waals surface area contributed by atoms with Gasteiger partial charge in [-0.25, -0.2) is 0 Å². The third-order valence-corrected chi connectivity index (χ3v) is 3.81. The molecule has 0 saturated carbocycles. The fourth-order valence-corrected chi connectivity index (χ4v) is 2.80. The number of nitrogens with zero attached hydrogens (tertiary/aromatic N) is 2. The average molecular weight is 298 g/mol. The normalized spacial score (nSPS) is 11.5. The molecule has 3 aromatic rings. The number of aryl methyl sites for hydroxylation is 2. The van der Waals surface area contributed by atoms with Crippen LogP contribution in [-0.2, 0) is 0 Å². The molecule has 5 heteroatoms. The standard InChI is InChI=1S/C16H18N4S/c1-8(2)12-7-11(15-18-16(21)20-19-15)14-10(4)5-9(3)6-13(14)17-12/h5-8H,1-4H3,(H2,18,19,20,21). The van der Waals surface area contributed by atoms with Crippen LogP contribution in [-0.4, -0.2) is 20.2 Å². The van der Waals surface area contributed by atoms with Gasteiger partial charge in [-0.2, -0.15) is 4.98 Å². The van der Waals surface area contributed by atoms with E-state index in [0.29, 0.717) is 10.7 Å². The molecule has 0 fully saturated rings. The van der Waals surface area contributed by atoms with E-state index in [1.165, 1.54) is 11.1 Å². The molecule has 0 unspecified atom stereocenters. The van der Waals surface area contributed by atoms with Crippen molar-refractivity contribution < 1.29 is 0 Å². The van der Waals surface area contributed by atoms with Gasteiger partial charge in [0.05, 0.1) is 5.52 Å². The van der Waals surface area contributed by atoms with Gasteiger partial charge in [-0.1, -0.05) is 19.9 Å². The average Bonchev–Trinajstić information content (AvgIpc) is 2.83. The maximum atomic E-state index is 5.08. The number of rotatable bonds is 2. The SMILES string of the molecule is Cc1cc(C)c2c(-c3nc(=S)[nH][nH]3)cc(C(C)C)nc2c1. The third kappa shape index (κ3) is 2.49. The smallest absolute Gasteiger partial charge is 0.213 e. The van der Waals surface area contributed by atoms with Gasteiger partial charge < -0.3 is 0 Å². The Morgan fingerprint density at radius 3 is 2.43 bits per heavy atom. The Morgan fingerprint density at radius 2 is 1.81 bits per heavy atom. The number of hydrogen-bond donors (Lipinski definition) is 2. The lowest BCUT2D eigenvalue weighted by Gasteiger charge is -2.13. The van der Waals surface area contributed by atoms with Crippen molar-refractivity contribution in [1.29, 1.82) is 0 Å². The van der Waals surface area contributed by atoms with Crippen molar-refractivity contribution in [2.75, 3.05) is 0 Å². The first-order chi connectivity index (χ1) is 9.95. The molecule has 21 heavy (non-hydrogen) atoms. The summed E-state index contributed by atoms with van der Waals surface area (Å²) in [6, 6.07) is 6.40. The lowest BCUT2D eigenvalue weighted by molar-refractivity contribution is 0.830. The van der Waals surface area contributed by atoms with Crippen molar-refractivity contribution in [3.8, 4) is 11.4 Å². The highest BCUT2D eigenvalue weighted by Gasteiger charge is 2.14. The van der Waals surface area contributed by atoms with Gasteiger partial charge in [-0.05, 0) is 55.2 Å². The molecule has 0 radical (unpaired) electrons. The summed E-state index contributed by atoms with van der Waals surface area (Å²) < 4.78 is 0.464. The summed E-state index contributed by atoms with van der Waals surface area (Å²) in [4.78, 5) is 9.18. The molecule has 0 saturated heterocycles. The van der Waals surface area contributed by atoms with Gasteiger partial charge in [0, 0.05) is 16.6 Å². The van der Waals surface area contributed by atoms with Gasteiger partial charge in [0.25, 0.3) is 0 Å². The Bertz CT molecular complexity index is 874. The minimum atomic E-state index is 0.357. The zero-order valence-corrected chi connectivity index (χ0v) is 13.4. The fraction of sp³-hybridized carbons (Fsp3) is 0.312. The van der Waals surface area contributed by atoms with Crippen LogP contribution in [0, 0.1) is 18.6 Å². The van der Waals surface area contributed by atoms with Gasteiger partial charge in [-0.3, -0.25) is 15.2 Å². The Kier molecular flexibility index (Phi) is 3.37. The molecule has 0 aliphatic rings. The van der Waals surface area contributed by atoms with Crippen molar-refractivity contribution in [2.24, 2.45) is 0 Å². The van der Waals surface area contributed by atoms with Crippen LogP contribution >= 0.6 is 12.2 Å². The first-order valence-corrected chi connectivity index (χ1v) is 7.43. The summed E-state index contributed by atoms with van der Waals surface area (Å²) in [7, 11) is 0. The number of H-pyrrole nitrogens is 2. The van der Waals surface area contributed by atoms with Gasteiger partial charge in [0.15, 0.2) is 5.82 Å². The first kappa shape index (κ1) is 13.9. The van der Waals surface area contributed by atoms with Gasteiger partial charge in [-0.15, -0.1) is 0 Å². The number of aromatic amines is 2. The Labute approximate surface area is 128 Å². The van der Waals surface area contributed by atoms with Crippen LogP contribution in [0.5, 0.6) is 0 Å². The van der Waals surface area contributed by atoms with Crippen LogP contribution in [0.1, 0.15) is 36.6 Å². The topological polar surface area (TPSA) is 57.4 Å². The van der Waals surface area contributed by atoms with Crippen LogP contribution in [0.2, 0.25) is 0 Å². The Morgan fingerprint density at radius 1 is 1.05 bits per heavy atom. The maximum absolute atomic E-state index is 5.08. The quantitative estimate of drug-likeness (QED) is 0.688. The summed E-state index contributed by atoms with van der Waals surface area (Å²) in [5.41, 5.74) is 5.54. The second-order valence-electron chi connectivity index (χ2n) is 5.74. The minimum Gasteiger partial charge on any atom is -0.282 e. The van der Waals surface area contributed by atoms with E-state index in [9.17, 15) is 0 Å². The molecular formula is C16H18N4S. The zero-order valence-electron chi connectivity index (χ0n) is 12.6. The summed E-state index contributed by atoms with van der Waals surface area (Å²) in [6.45, 7) is 8.50. The number of fused-ring (bicyclic) bond motifs is 1. The predicted octanol–water partition coefficient (Wildman–Crippen LogP) is 4.42. The molecule has 1 aromatic carbocycles. The minimum absolute atomic E-state index is 0.357. The largest absolute Gasteiger partial charge is 0.282 e. The molecule has 0 aliphatic heterocycles. The van der Waals surface area contributed by atoms with Gasteiger partial charge in [0.1, 0.15) is 0 Å². The van der Waals surface area contributed by atoms with E-state index in [0.717, 1.165) is 28.0 Å². The van der Waals surface area contributed by atoms with E-state index in [2.05, 4.69) is 61.1 Å². The monoisotopic (exact) mass is 298 g/mol. The molecule has 2 aromatic heterocycles. The molecule has 0 atom stereocenters. The van der Waals surface area contributed by atoms with Crippen LogP contribution < -0.4 is 0 Å². The van der Waals surface area contributed by atoms with Gasteiger partial charge >= 0.3 is 0 Å². The summed E-state index contributed by atoms with van der Waals surface area (Å²) in [6.07, 6.45) is 0. The lowest BCUT2D eigenvalue weighted by Crippen LogP contribution is -1.98. The van der Waals surface area contributed by atoms with Crippen LogP contribution in [0.4, 0.5) is 0 Å². The molecule has 108 valence electrons. The Balaban J connectivity index is 2.42. The number of aromatic nitrogens is 4. The van der Waals surface area contributed by atoms with E-state index < -0.39 is 0 Å². The molecule has 2 heterocycles. The molecule has 0 bridgehead atoms. The number of benzene rings is 1. The number of hydrogen-bond acceptors (Lipinski definition) is 3. The summed E-state index contributed by atoms with van der Waals surface area (Å²) >= 11 is 5.08. The zero-order chi connectivity index (χ0) is 15.1. The van der Waals surface area contributed by atoms with Crippen molar-refractivity contribution in [3.05, 3.63) is 39.8 Å². The van der Waals surface area contributed by atoms with E-state index in [4.69, 9.17) is 17.2 Å². The highest BCUT2D eigenvalue weighted by Crippen LogP contribution is 2.31. The highest BCUT2D eigenvalue weighted by molar-refractivity contribution is 7.71.